The van der Waals surface area contributed by atoms with E-state index in [1.54, 1.807) is 25.7 Å². The molecule has 0 bridgehead atoms. The molecule has 7 nitrogen and oxygen atoms in total. The Hall–Kier alpha value is -2.19. The Bertz CT molecular complexity index is 826. The molecule has 1 aromatic rings. The third-order valence-corrected chi connectivity index (χ3v) is 5.67. The highest BCUT2D eigenvalue weighted by atomic mass is 16.7. The third kappa shape index (κ3) is 4.92. The average molecular weight is 414 g/mol. The van der Waals surface area contributed by atoms with E-state index in [0.717, 1.165) is 11.2 Å². The van der Waals surface area contributed by atoms with Crippen LogP contribution in [0.3, 0.4) is 0 Å². The number of anilines is 1. The van der Waals surface area contributed by atoms with Crippen LogP contribution in [0.25, 0.3) is 0 Å². The molecule has 30 heavy (non-hydrogen) atoms. The number of hydrogen-bond donors (Lipinski definition) is 0. The van der Waals surface area contributed by atoms with Crippen LogP contribution >= 0.6 is 0 Å². The van der Waals surface area contributed by atoms with Crippen LogP contribution in [0.2, 0.25) is 0 Å². The monoisotopic (exact) mass is 414 g/mol. The zero-order valence-electron chi connectivity index (χ0n) is 18.9. The van der Waals surface area contributed by atoms with Crippen LogP contribution in [-0.4, -0.2) is 48.7 Å². The minimum Gasteiger partial charge on any atom is -0.442 e. The Morgan fingerprint density at radius 3 is 2.27 bits per heavy atom. The summed E-state index contributed by atoms with van der Waals surface area (Å²) in [7, 11) is -0.438. The lowest BCUT2D eigenvalue weighted by Gasteiger charge is -2.32. The summed E-state index contributed by atoms with van der Waals surface area (Å²) in [6.45, 7) is 13.9. The number of aliphatic imine (C=N–C) groups is 1. The Morgan fingerprint density at radius 1 is 1.17 bits per heavy atom. The second-order valence-corrected chi connectivity index (χ2v) is 9.91. The lowest BCUT2D eigenvalue weighted by atomic mass is 9.79. The Balaban J connectivity index is 1.63. The molecule has 162 valence electrons. The van der Waals surface area contributed by atoms with E-state index in [2.05, 4.69) is 4.99 Å². The number of benzene rings is 1. The summed E-state index contributed by atoms with van der Waals surface area (Å²) in [6.07, 6.45) is 1.19. The van der Waals surface area contributed by atoms with Gasteiger partial charge in [0, 0.05) is 30.8 Å². The first-order valence-corrected chi connectivity index (χ1v) is 10.3. The summed E-state index contributed by atoms with van der Waals surface area (Å²) in [5, 5.41) is 0. The standard InChI is InChI=1S/C22H31BN2O5/c1-20(2,3)28-19(27)24-13-15-12-18(26)25(14-15)17-10-8-16(9-11-17)23-29-21(4,5)22(6,7)30-23/h8-11,13,15H,12,14H2,1-7H3. The number of hydrogen-bond acceptors (Lipinski definition) is 5. The lowest BCUT2D eigenvalue weighted by molar-refractivity contribution is -0.117. The normalized spacial score (nSPS) is 23.4. The molecule has 2 heterocycles. The van der Waals surface area contributed by atoms with Gasteiger partial charge < -0.3 is 18.9 Å². The smallest absolute Gasteiger partial charge is 0.442 e. The van der Waals surface area contributed by atoms with Crippen molar-refractivity contribution in [3.05, 3.63) is 24.3 Å². The quantitative estimate of drug-likeness (QED) is 0.560. The highest BCUT2D eigenvalue weighted by Crippen LogP contribution is 2.36. The minimum absolute atomic E-state index is 0.000906. The van der Waals surface area contributed by atoms with Crippen LogP contribution in [0.5, 0.6) is 0 Å². The summed E-state index contributed by atoms with van der Waals surface area (Å²) < 4.78 is 17.3. The van der Waals surface area contributed by atoms with E-state index in [1.807, 2.05) is 52.0 Å². The van der Waals surface area contributed by atoms with Crippen molar-refractivity contribution in [2.45, 2.75) is 71.7 Å². The van der Waals surface area contributed by atoms with Crippen LogP contribution in [0, 0.1) is 5.92 Å². The van der Waals surface area contributed by atoms with Crippen molar-refractivity contribution in [1.29, 1.82) is 0 Å². The molecular weight excluding hydrogens is 383 g/mol. The maximum Gasteiger partial charge on any atom is 0.494 e. The fourth-order valence-corrected chi connectivity index (χ4v) is 3.33. The van der Waals surface area contributed by atoms with Crippen LogP contribution in [0.1, 0.15) is 54.9 Å². The molecule has 0 N–H and O–H groups in total. The molecule has 0 saturated carbocycles. The number of carbonyl (C=O) groups excluding carboxylic acids is 2. The molecular formula is C22H31BN2O5. The third-order valence-electron chi connectivity index (χ3n) is 5.67. The summed E-state index contributed by atoms with van der Waals surface area (Å²) >= 11 is 0. The van der Waals surface area contributed by atoms with E-state index in [-0.39, 0.29) is 11.8 Å². The molecule has 0 spiro atoms. The van der Waals surface area contributed by atoms with Gasteiger partial charge in [0.1, 0.15) is 5.60 Å². The Morgan fingerprint density at radius 2 is 1.73 bits per heavy atom. The zero-order chi connectivity index (χ0) is 22.3. The van der Waals surface area contributed by atoms with E-state index < -0.39 is 30.0 Å². The first-order chi connectivity index (χ1) is 13.8. The van der Waals surface area contributed by atoms with E-state index >= 15 is 0 Å². The zero-order valence-corrected chi connectivity index (χ0v) is 18.9. The van der Waals surface area contributed by atoms with Crippen molar-refractivity contribution < 1.29 is 23.6 Å². The van der Waals surface area contributed by atoms with E-state index in [0.29, 0.717) is 13.0 Å². The first-order valence-electron chi connectivity index (χ1n) is 10.3. The molecule has 0 aromatic heterocycles. The second kappa shape index (κ2) is 7.82. The maximum absolute atomic E-state index is 12.5. The van der Waals surface area contributed by atoms with Gasteiger partial charge in [-0.15, -0.1) is 0 Å². The van der Waals surface area contributed by atoms with Gasteiger partial charge in [0.05, 0.1) is 11.2 Å². The van der Waals surface area contributed by atoms with Crippen molar-refractivity contribution in [2.24, 2.45) is 10.9 Å². The number of ether oxygens (including phenoxy) is 1. The lowest BCUT2D eigenvalue weighted by Crippen LogP contribution is -2.41. The van der Waals surface area contributed by atoms with Gasteiger partial charge in [-0.3, -0.25) is 4.79 Å². The molecule has 0 radical (unpaired) electrons. The number of rotatable bonds is 3. The van der Waals surface area contributed by atoms with Gasteiger partial charge in [0.15, 0.2) is 0 Å². The molecule has 8 heteroatoms. The SMILES string of the molecule is CC(C)(C)OC(=O)N=CC1CC(=O)N(c2ccc(B3OC(C)(C)C(C)(C)O3)cc2)C1. The first kappa shape index (κ1) is 22.5. The van der Waals surface area contributed by atoms with Crippen molar-refractivity contribution >= 4 is 36.5 Å². The van der Waals surface area contributed by atoms with Crippen LogP contribution in [-0.2, 0) is 18.8 Å². The largest absolute Gasteiger partial charge is 0.494 e. The summed E-state index contributed by atoms with van der Waals surface area (Å²) in [6, 6.07) is 7.64. The molecule has 1 aromatic carbocycles. The van der Waals surface area contributed by atoms with Crippen LogP contribution < -0.4 is 10.4 Å². The number of nitrogens with zero attached hydrogens (tertiary/aromatic N) is 2. The predicted molar refractivity (Wildman–Crippen MR) is 117 cm³/mol. The van der Waals surface area contributed by atoms with Gasteiger partial charge in [0.25, 0.3) is 0 Å². The van der Waals surface area contributed by atoms with Gasteiger partial charge in [-0.1, -0.05) is 12.1 Å². The van der Waals surface area contributed by atoms with Crippen molar-refractivity contribution in [3.63, 3.8) is 0 Å². The highest BCUT2D eigenvalue weighted by Gasteiger charge is 2.51. The predicted octanol–water partition coefficient (Wildman–Crippen LogP) is 3.34. The van der Waals surface area contributed by atoms with E-state index in [1.165, 1.54) is 6.21 Å². The molecule has 3 rings (SSSR count). The summed E-state index contributed by atoms with van der Waals surface area (Å²) in [5.41, 5.74) is 0.315. The van der Waals surface area contributed by atoms with Crippen molar-refractivity contribution in [1.82, 2.24) is 0 Å². The molecule has 2 fully saturated rings. The van der Waals surface area contributed by atoms with E-state index in [4.69, 9.17) is 14.0 Å². The van der Waals surface area contributed by atoms with Crippen molar-refractivity contribution in [2.75, 3.05) is 11.4 Å². The van der Waals surface area contributed by atoms with Crippen LogP contribution in [0.15, 0.2) is 29.3 Å². The van der Waals surface area contributed by atoms with Gasteiger partial charge >= 0.3 is 13.2 Å². The molecule has 2 amide bonds. The molecule has 2 saturated heterocycles. The summed E-state index contributed by atoms with van der Waals surface area (Å²) in [5.74, 6) is -0.133. The maximum atomic E-state index is 12.5. The fraction of sp³-hybridized carbons (Fsp3) is 0.591. The minimum atomic E-state index is -0.639. The van der Waals surface area contributed by atoms with E-state index in [9.17, 15) is 9.59 Å². The van der Waals surface area contributed by atoms with Crippen molar-refractivity contribution in [3.8, 4) is 0 Å². The molecule has 1 unspecified atom stereocenters. The molecule has 0 aliphatic carbocycles. The number of carbonyl (C=O) groups is 2. The molecule has 1 atom stereocenters. The topological polar surface area (TPSA) is 77.4 Å². The average Bonchev–Trinajstić information content (AvgIpc) is 3.08. The highest BCUT2D eigenvalue weighted by molar-refractivity contribution is 6.62. The summed E-state index contributed by atoms with van der Waals surface area (Å²) in [4.78, 5) is 29.8. The fourth-order valence-electron chi connectivity index (χ4n) is 3.33. The molecule has 2 aliphatic rings. The number of amides is 2. The van der Waals surface area contributed by atoms with Gasteiger partial charge in [0.2, 0.25) is 5.91 Å². The Kier molecular flexibility index (Phi) is 5.86. The van der Waals surface area contributed by atoms with Crippen LogP contribution in [0.4, 0.5) is 10.5 Å². The van der Waals surface area contributed by atoms with Gasteiger partial charge in [-0.05, 0) is 66.1 Å². The Labute approximate surface area is 178 Å². The second-order valence-electron chi connectivity index (χ2n) is 9.91. The van der Waals surface area contributed by atoms with Gasteiger partial charge in [-0.25, -0.2) is 4.79 Å². The van der Waals surface area contributed by atoms with Gasteiger partial charge in [-0.2, -0.15) is 4.99 Å². The molecule has 2 aliphatic heterocycles.